The number of nitrogens with one attached hydrogen (secondary N) is 1. The van der Waals surface area contributed by atoms with Crippen molar-refractivity contribution in [1.82, 2.24) is 15.1 Å². The number of likely N-dealkylation sites (N-methyl/N-ethyl adjacent to an activating group) is 1. The number of rotatable bonds is 8. The Morgan fingerprint density at radius 3 is 2.48 bits per heavy atom. The number of para-hydroxylation sites is 1. The number of hydrogen-bond acceptors (Lipinski definition) is 4. The van der Waals surface area contributed by atoms with E-state index in [2.05, 4.69) is 28.1 Å². The maximum absolute atomic E-state index is 6.01. The van der Waals surface area contributed by atoms with Crippen molar-refractivity contribution in [2.75, 3.05) is 33.9 Å². The first-order valence-electron chi connectivity index (χ1n) is 12.2. The molecule has 1 aliphatic carbocycles. The summed E-state index contributed by atoms with van der Waals surface area (Å²) in [6.07, 6.45) is 11.7. The second-order valence-electron chi connectivity index (χ2n) is 8.95. The average Bonchev–Trinajstić information content (AvgIpc) is 3.21. The van der Waals surface area contributed by atoms with E-state index in [9.17, 15) is 0 Å². The highest BCUT2D eigenvalue weighted by Gasteiger charge is 2.27. The van der Waals surface area contributed by atoms with Gasteiger partial charge in [0.05, 0.1) is 14.2 Å². The second-order valence-corrected chi connectivity index (χ2v) is 9.34. The molecule has 1 N–H and O–H groups in total. The quantitative estimate of drug-likeness (QED) is 0.567. The SMILES string of the molecule is CCN1CCCC1CN(Cc1cccc(OC)c1OC)C(=S)NC1CCCCCCC1. The molecule has 1 heterocycles. The lowest BCUT2D eigenvalue weighted by Gasteiger charge is -2.34. The number of methoxy groups -OCH3 is 2. The fourth-order valence-electron chi connectivity index (χ4n) is 5.14. The summed E-state index contributed by atoms with van der Waals surface area (Å²) in [4.78, 5) is 4.96. The van der Waals surface area contributed by atoms with E-state index >= 15 is 0 Å². The van der Waals surface area contributed by atoms with Gasteiger partial charge < -0.3 is 19.7 Å². The molecule has 2 aliphatic rings. The molecule has 1 aromatic carbocycles. The molecule has 0 bridgehead atoms. The van der Waals surface area contributed by atoms with Crippen LogP contribution in [0.5, 0.6) is 11.5 Å². The van der Waals surface area contributed by atoms with Crippen molar-refractivity contribution < 1.29 is 9.47 Å². The highest BCUT2D eigenvalue weighted by Crippen LogP contribution is 2.32. The van der Waals surface area contributed by atoms with E-state index in [1.165, 1.54) is 64.3 Å². The predicted octanol–water partition coefficient (Wildman–Crippen LogP) is 4.98. The topological polar surface area (TPSA) is 37.0 Å². The molecule has 1 aromatic rings. The number of likely N-dealkylation sites (tertiary alicyclic amines) is 1. The Morgan fingerprint density at radius 2 is 1.81 bits per heavy atom. The van der Waals surface area contributed by atoms with E-state index in [0.717, 1.165) is 41.8 Å². The maximum atomic E-state index is 6.01. The Labute approximate surface area is 194 Å². The van der Waals surface area contributed by atoms with Crippen molar-refractivity contribution in [3.63, 3.8) is 0 Å². The average molecular weight is 448 g/mol. The van der Waals surface area contributed by atoms with Crippen molar-refractivity contribution >= 4 is 17.3 Å². The van der Waals surface area contributed by atoms with Gasteiger partial charge in [-0.2, -0.15) is 0 Å². The van der Waals surface area contributed by atoms with Crippen LogP contribution in [0.3, 0.4) is 0 Å². The second kappa shape index (κ2) is 12.5. The minimum absolute atomic E-state index is 0.494. The van der Waals surface area contributed by atoms with Crippen molar-refractivity contribution in [3.05, 3.63) is 23.8 Å². The first-order valence-corrected chi connectivity index (χ1v) is 12.6. The molecule has 31 heavy (non-hydrogen) atoms. The molecule has 0 spiro atoms. The van der Waals surface area contributed by atoms with Gasteiger partial charge in [0.2, 0.25) is 0 Å². The molecule has 3 rings (SSSR count). The summed E-state index contributed by atoms with van der Waals surface area (Å²) in [5.74, 6) is 1.58. The number of hydrogen-bond donors (Lipinski definition) is 1. The highest BCUT2D eigenvalue weighted by atomic mass is 32.1. The number of nitrogens with zero attached hydrogens (tertiary/aromatic N) is 2. The summed E-state index contributed by atoms with van der Waals surface area (Å²) in [5.41, 5.74) is 1.12. The maximum Gasteiger partial charge on any atom is 0.169 e. The normalized spacial score (nSPS) is 20.7. The fraction of sp³-hybridized carbons (Fsp3) is 0.720. The summed E-state index contributed by atoms with van der Waals surface area (Å²) in [7, 11) is 3.41. The summed E-state index contributed by atoms with van der Waals surface area (Å²) in [6.45, 7) is 6.24. The molecule has 0 radical (unpaired) electrons. The molecular formula is C25H41N3O2S. The van der Waals surface area contributed by atoms with Gasteiger partial charge in [-0.25, -0.2) is 0 Å². The van der Waals surface area contributed by atoms with Crippen LogP contribution in [0.15, 0.2) is 18.2 Å². The van der Waals surface area contributed by atoms with E-state index in [1.54, 1.807) is 14.2 Å². The van der Waals surface area contributed by atoms with Crippen LogP contribution in [-0.4, -0.2) is 60.8 Å². The monoisotopic (exact) mass is 447 g/mol. The molecule has 1 saturated carbocycles. The molecule has 0 amide bonds. The van der Waals surface area contributed by atoms with E-state index in [-0.39, 0.29) is 0 Å². The minimum Gasteiger partial charge on any atom is -0.493 e. The Kier molecular flexibility index (Phi) is 9.72. The van der Waals surface area contributed by atoms with Gasteiger partial charge in [0.1, 0.15) is 0 Å². The Hall–Kier alpha value is -1.53. The van der Waals surface area contributed by atoms with Crippen LogP contribution >= 0.6 is 12.2 Å². The van der Waals surface area contributed by atoms with Gasteiger partial charge >= 0.3 is 0 Å². The highest BCUT2D eigenvalue weighted by molar-refractivity contribution is 7.80. The third-order valence-corrected chi connectivity index (χ3v) is 7.28. The Bertz CT molecular complexity index is 691. The largest absolute Gasteiger partial charge is 0.493 e. The Balaban J connectivity index is 1.76. The molecule has 174 valence electrons. The van der Waals surface area contributed by atoms with Crippen molar-refractivity contribution in [3.8, 4) is 11.5 Å². The Morgan fingerprint density at radius 1 is 1.06 bits per heavy atom. The smallest absolute Gasteiger partial charge is 0.169 e. The van der Waals surface area contributed by atoms with E-state index in [0.29, 0.717) is 12.1 Å². The molecule has 6 heteroatoms. The molecule has 1 saturated heterocycles. The first-order chi connectivity index (χ1) is 15.2. The van der Waals surface area contributed by atoms with Gasteiger partial charge in [0.15, 0.2) is 16.6 Å². The third-order valence-electron chi connectivity index (χ3n) is 6.90. The lowest BCUT2D eigenvalue weighted by atomic mass is 9.97. The molecule has 1 atom stereocenters. The van der Waals surface area contributed by atoms with Gasteiger partial charge in [-0.15, -0.1) is 0 Å². The number of ether oxygens (including phenoxy) is 2. The van der Waals surface area contributed by atoms with Gasteiger partial charge in [-0.1, -0.05) is 51.2 Å². The van der Waals surface area contributed by atoms with Crippen LogP contribution < -0.4 is 14.8 Å². The molecular weight excluding hydrogens is 406 g/mol. The van der Waals surface area contributed by atoms with Crippen LogP contribution in [0.4, 0.5) is 0 Å². The fourth-order valence-corrected chi connectivity index (χ4v) is 5.45. The zero-order chi connectivity index (χ0) is 22.1. The molecule has 5 nitrogen and oxygen atoms in total. The summed E-state index contributed by atoms with van der Waals surface area (Å²) in [5, 5.41) is 4.63. The van der Waals surface area contributed by atoms with Crippen molar-refractivity contribution in [2.24, 2.45) is 0 Å². The molecule has 1 aliphatic heterocycles. The van der Waals surface area contributed by atoms with Gasteiger partial charge in [0, 0.05) is 30.7 Å². The zero-order valence-electron chi connectivity index (χ0n) is 19.7. The predicted molar refractivity (Wildman–Crippen MR) is 132 cm³/mol. The van der Waals surface area contributed by atoms with E-state index in [1.807, 2.05) is 12.1 Å². The van der Waals surface area contributed by atoms with Gasteiger partial charge in [-0.05, 0) is 57.1 Å². The van der Waals surface area contributed by atoms with Crippen LogP contribution in [0.1, 0.15) is 70.3 Å². The molecule has 2 fully saturated rings. The number of thiocarbonyl (C=S) groups is 1. The molecule has 0 aromatic heterocycles. The summed E-state index contributed by atoms with van der Waals surface area (Å²) >= 11 is 6.01. The van der Waals surface area contributed by atoms with E-state index < -0.39 is 0 Å². The summed E-state index contributed by atoms with van der Waals surface area (Å²) in [6, 6.07) is 7.16. The van der Waals surface area contributed by atoms with Gasteiger partial charge in [-0.3, -0.25) is 4.90 Å². The van der Waals surface area contributed by atoms with Crippen LogP contribution in [-0.2, 0) is 6.54 Å². The zero-order valence-corrected chi connectivity index (χ0v) is 20.5. The minimum atomic E-state index is 0.494. The van der Waals surface area contributed by atoms with Crippen LogP contribution in [0.2, 0.25) is 0 Å². The van der Waals surface area contributed by atoms with Crippen molar-refractivity contribution in [1.29, 1.82) is 0 Å². The van der Waals surface area contributed by atoms with Crippen LogP contribution in [0.25, 0.3) is 0 Å². The van der Waals surface area contributed by atoms with E-state index in [4.69, 9.17) is 21.7 Å². The van der Waals surface area contributed by atoms with Crippen molar-refractivity contribution in [2.45, 2.75) is 83.3 Å². The van der Waals surface area contributed by atoms with Crippen LogP contribution in [0, 0.1) is 0 Å². The third kappa shape index (κ3) is 6.72. The number of benzene rings is 1. The standard InChI is InChI=1S/C25H41N3O2S/c1-4-27-17-11-15-22(27)19-28(18-20-12-10-16-23(29-2)24(20)30-3)25(31)26-21-13-8-6-5-7-9-14-21/h10,12,16,21-22H,4-9,11,13-15,17-19H2,1-3H3,(H,26,31). The van der Waals surface area contributed by atoms with Gasteiger partial charge in [0.25, 0.3) is 0 Å². The first kappa shape index (κ1) is 24.1. The lowest BCUT2D eigenvalue weighted by molar-refractivity contribution is 0.217. The lowest BCUT2D eigenvalue weighted by Crippen LogP contribution is -2.49. The summed E-state index contributed by atoms with van der Waals surface area (Å²) < 4.78 is 11.2. The molecule has 1 unspecified atom stereocenters.